The SMILES string of the molecule is CCCCNC(=O)[C@H](C)N(Cc1ccccc1C)C(=O)CN(c1ccc(Cl)c(Cl)c1)S(=O)(=O)c1ccc(C)cc1. The molecule has 3 aromatic rings. The summed E-state index contributed by atoms with van der Waals surface area (Å²) in [7, 11) is -4.19. The van der Waals surface area contributed by atoms with Gasteiger partial charge in [-0.25, -0.2) is 8.42 Å². The van der Waals surface area contributed by atoms with Crippen LogP contribution in [0.25, 0.3) is 0 Å². The number of nitrogens with zero attached hydrogens (tertiary/aromatic N) is 2. The van der Waals surface area contributed by atoms with E-state index in [-0.39, 0.29) is 33.1 Å². The van der Waals surface area contributed by atoms with Crippen molar-refractivity contribution in [2.24, 2.45) is 0 Å². The molecule has 0 saturated heterocycles. The number of hydrogen-bond acceptors (Lipinski definition) is 4. The second-order valence-electron chi connectivity index (χ2n) is 9.69. The van der Waals surface area contributed by atoms with E-state index < -0.39 is 28.5 Å². The molecule has 0 unspecified atom stereocenters. The summed E-state index contributed by atoms with van der Waals surface area (Å²) in [5, 5.41) is 3.28. The van der Waals surface area contributed by atoms with Gasteiger partial charge < -0.3 is 10.2 Å². The Bertz CT molecular complexity index is 1450. The van der Waals surface area contributed by atoms with Gasteiger partial charge in [0.2, 0.25) is 11.8 Å². The highest BCUT2D eigenvalue weighted by molar-refractivity contribution is 7.92. The Morgan fingerprint density at radius 2 is 1.62 bits per heavy atom. The number of halogens is 2. The first-order chi connectivity index (χ1) is 18.9. The van der Waals surface area contributed by atoms with Gasteiger partial charge in [-0.1, -0.05) is 78.5 Å². The van der Waals surface area contributed by atoms with Crippen LogP contribution >= 0.6 is 23.2 Å². The zero-order valence-electron chi connectivity index (χ0n) is 23.2. The van der Waals surface area contributed by atoms with E-state index in [1.165, 1.54) is 35.2 Å². The molecule has 0 aromatic heterocycles. The van der Waals surface area contributed by atoms with Crippen LogP contribution in [0, 0.1) is 13.8 Å². The summed E-state index contributed by atoms with van der Waals surface area (Å²) >= 11 is 12.4. The first-order valence-electron chi connectivity index (χ1n) is 13.1. The molecule has 0 radical (unpaired) electrons. The molecule has 40 heavy (non-hydrogen) atoms. The Morgan fingerprint density at radius 3 is 2.25 bits per heavy atom. The summed E-state index contributed by atoms with van der Waals surface area (Å²) in [6, 6.07) is 17.5. The third-order valence-corrected chi connectivity index (χ3v) is 9.20. The zero-order valence-corrected chi connectivity index (χ0v) is 25.5. The summed E-state index contributed by atoms with van der Waals surface area (Å²) < 4.78 is 28.8. The van der Waals surface area contributed by atoms with Crippen molar-refractivity contribution < 1.29 is 18.0 Å². The lowest BCUT2D eigenvalue weighted by molar-refractivity contribution is -0.139. The van der Waals surface area contributed by atoms with Crippen molar-refractivity contribution in [2.75, 3.05) is 17.4 Å². The van der Waals surface area contributed by atoms with Gasteiger partial charge in [0.15, 0.2) is 0 Å². The van der Waals surface area contributed by atoms with E-state index >= 15 is 0 Å². The molecule has 214 valence electrons. The molecule has 0 aliphatic carbocycles. The Hall–Kier alpha value is -3.07. The minimum Gasteiger partial charge on any atom is -0.354 e. The average Bonchev–Trinajstić information content (AvgIpc) is 2.92. The molecule has 0 heterocycles. The van der Waals surface area contributed by atoms with Gasteiger partial charge in [0.05, 0.1) is 20.6 Å². The molecule has 1 N–H and O–H groups in total. The van der Waals surface area contributed by atoms with Crippen LogP contribution in [-0.4, -0.2) is 44.3 Å². The van der Waals surface area contributed by atoms with Gasteiger partial charge in [-0.3, -0.25) is 13.9 Å². The van der Waals surface area contributed by atoms with Crippen LogP contribution in [0.1, 0.15) is 43.4 Å². The normalized spacial score (nSPS) is 12.1. The Labute approximate surface area is 247 Å². The number of carbonyl (C=O) groups excluding carboxylic acids is 2. The number of amides is 2. The molecule has 0 aliphatic heterocycles. The molecule has 7 nitrogen and oxygen atoms in total. The molecule has 2 amide bonds. The van der Waals surface area contributed by atoms with Gasteiger partial charge in [0.25, 0.3) is 10.0 Å². The monoisotopic (exact) mass is 603 g/mol. The van der Waals surface area contributed by atoms with E-state index in [2.05, 4.69) is 5.32 Å². The summed E-state index contributed by atoms with van der Waals surface area (Å²) in [5.74, 6) is -0.846. The maximum absolute atomic E-state index is 14.0. The minimum absolute atomic E-state index is 0.0211. The fourth-order valence-electron chi connectivity index (χ4n) is 4.10. The zero-order chi connectivity index (χ0) is 29.4. The molecule has 3 rings (SSSR count). The summed E-state index contributed by atoms with van der Waals surface area (Å²) in [4.78, 5) is 28.5. The van der Waals surface area contributed by atoms with Crippen LogP contribution in [0.5, 0.6) is 0 Å². The van der Waals surface area contributed by atoms with Crippen molar-refractivity contribution in [3.63, 3.8) is 0 Å². The lowest BCUT2D eigenvalue weighted by atomic mass is 10.1. The van der Waals surface area contributed by atoms with Crippen LogP contribution in [0.15, 0.2) is 71.6 Å². The van der Waals surface area contributed by atoms with E-state index in [1.807, 2.05) is 45.0 Å². The van der Waals surface area contributed by atoms with Gasteiger partial charge >= 0.3 is 0 Å². The topological polar surface area (TPSA) is 86.8 Å². The number of anilines is 1. The van der Waals surface area contributed by atoms with E-state index in [1.54, 1.807) is 19.1 Å². The molecule has 0 aliphatic rings. The van der Waals surface area contributed by atoms with Crippen molar-refractivity contribution in [2.45, 2.75) is 58.0 Å². The van der Waals surface area contributed by atoms with Gasteiger partial charge in [0.1, 0.15) is 12.6 Å². The average molecular weight is 605 g/mol. The van der Waals surface area contributed by atoms with Crippen molar-refractivity contribution in [1.82, 2.24) is 10.2 Å². The highest BCUT2D eigenvalue weighted by Crippen LogP contribution is 2.31. The number of nitrogens with one attached hydrogen (secondary N) is 1. The summed E-state index contributed by atoms with van der Waals surface area (Å²) in [6.45, 7) is 7.52. The Kier molecular flexibility index (Phi) is 11.0. The summed E-state index contributed by atoms with van der Waals surface area (Å²) in [5.41, 5.74) is 2.88. The van der Waals surface area contributed by atoms with Crippen molar-refractivity contribution in [3.8, 4) is 0 Å². The fraction of sp³-hybridized carbons (Fsp3) is 0.333. The van der Waals surface area contributed by atoms with E-state index in [0.717, 1.165) is 33.8 Å². The van der Waals surface area contributed by atoms with Crippen LogP contribution in [-0.2, 0) is 26.2 Å². The standard InChI is InChI=1S/C30H35Cl2N3O4S/c1-5-6-17-33-30(37)23(4)34(19-24-10-8-7-9-22(24)3)29(36)20-35(25-13-16-27(31)28(32)18-25)40(38,39)26-14-11-21(2)12-15-26/h7-16,18,23H,5-6,17,19-20H2,1-4H3,(H,33,37)/t23-/m0/s1. The number of sulfonamides is 1. The number of aryl methyl sites for hydroxylation is 2. The quantitative estimate of drug-likeness (QED) is 0.252. The maximum Gasteiger partial charge on any atom is 0.264 e. The van der Waals surface area contributed by atoms with Crippen molar-refractivity contribution >= 4 is 50.7 Å². The first kappa shape index (κ1) is 31.5. The van der Waals surface area contributed by atoms with Gasteiger partial charge in [0, 0.05) is 13.1 Å². The molecule has 0 spiro atoms. The molecular formula is C30H35Cl2N3O4S. The third-order valence-electron chi connectivity index (χ3n) is 6.68. The molecule has 1 atom stereocenters. The van der Waals surface area contributed by atoms with Gasteiger partial charge in [-0.2, -0.15) is 0 Å². The largest absolute Gasteiger partial charge is 0.354 e. The van der Waals surface area contributed by atoms with E-state index in [9.17, 15) is 18.0 Å². The summed E-state index contributed by atoms with van der Waals surface area (Å²) in [6.07, 6.45) is 1.72. The number of carbonyl (C=O) groups is 2. The van der Waals surface area contributed by atoms with Crippen LogP contribution in [0.2, 0.25) is 10.0 Å². The molecule has 3 aromatic carbocycles. The van der Waals surface area contributed by atoms with Crippen LogP contribution in [0.3, 0.4) is 0 Å². The van der Waals surface area contributed by atoms with Crippen molar-refractivity contribution in [3.05, 3.63) is 93.5 Å². The third kappa shape index (κ3) is 7.77. The molecule has 0 bridgehead atoms. The molecule has 0 saturated carbocycles. The second kappa shape index (κ2) is 14.0. The Balaban J connectivity index is 2.03. The van der Waals surface area contributed by atoms with Crippen LogP contribution in [0.4, 0.5) is 5.69 Å². The lowest BCUT2D eigenvalue weighted by Crippen LogP contribution is -2.51. The Morgan fingerprint density at radius 1 is 0.950 bits per heavy atom. The number of rotatable bonds is 12. The van der Waals surface area contributed by atoms with Crippen LogP contribution < -0.4 is 9.62 Å². The fourth-order valence-corrected chi connectivity index (χ4v) is 5.79. The predicted molar refractivity (Wildman–Crippen MR) is 161 cm³/mol. The second-order valence-corrected chi connectivity index (χ2v) is 12.4. The molecular weight excluding hydrogens is 569 g/mol. The highest BCUT2D eigenvalue weighted by atomic mass is 35.5. The minimum atomic E-state index is -4.19. The number of benzene rings is 3. The molecule has 10 heteroatoms. The smallest absolute Gasteiger partial charge is 0.264 e. The first-order valence-corrected chi connectivity index (χ1v) is 15.3. The predicted octanol–water partition coefficient (Wildman–Crippen LogP) is 6.14. The number of hydrogen-bond donors (Lipinski definition) is 1. The van der Waals surface area contributed by atoms with Gasteiger partial charge in [-0.05, 0) is 68.7 Å². The van der Waals surface area contributed by atoms with E-state index in [4.69, 9.17) is 23.2 Å². The van der Waals surface area contributed by atoms with Crippen molar-refractivity contribution in [1.29, 1.82) is 0 Å². The number of unbranched alkanes of at least 4 members (excludes halogenated alkanes) is 1. The lowest BCUT2D eigenvalue weighted by Gasteiger charge is -2.32. The molecule has 0 fully saturated rings. The maximum atomic E-state index is 14.0. The van der Waals surface area contributed by atoms with Gasteiger partial charge in [-0.15, -0.1) is 0 Å². The van der Waals surface area contributed by atoms with E-state index in [0.29, 0.717) is 6.54 Å². The highest BCUT2D eigenvalue weighted by Gasteiger charge is 2.33.